The molecule has 0 radical (unpaired) electrons. The minimum Gasteiger partial charge on any atom is -0.484 e. The predicted octanol–water partition coefficient (Wildman–Crippen LogP) is 5.70. The van der Waals surface area contributed by atoms with E-state index in [4.69, 9.17) is 4.74 Å². The molecule has 5 heteroatoms. The van der Waals surface area contributed by atoms with Crippen LogP contribution in [0.5, 0.6) is 5.75 Å². The Labute approximate surface area is 181 Å². The molecule has 0 saturated carbocycles. The lowest BCUT2D eigenvalue weighted by molar-refractivity contribution is -0.118. The summed E-state index contributed by atoms with van der Waals surface area (Å²) in [6.45, 7) is 1.95. The van der Waals surface area contributed by atoms with E-state index in [1.165, 1.54) is 10.8 Å². The normalized spacial score (nSPS) is 12.7. The molecule has 0 saturated heterocycles. The van der Waals surface area contributed by atoms with Gasteiger partial charge in [-0.1, -0.05) is 48.5 Å². The van der Waals surface area contributed by atoms with Crippen molar-refractivity contribution in [2.45, 2.75) is 13.1 Å². The van der Waals surface area contributed by atoms with Crippen LogP contribution in [0.4, 0.5) is 17.1 Å². The Balaban J connectivity index is 1.23. The third-order valence-electron chi connectivity index (χ3n) is 5.39. The highest BCUT2D eigenvalue weighted by atomic mass is 16.5. The van der Waals surface area contributed by atoms with Crippen LogP contribution in [0.15, 0.2) is 84.9 Å². The molecule has 0 aromatic heterocycles. The molecule has 5 rings (SSSR count). The average molecular weight is 409 g/mol. The van der Waals surface area contributed by atoms with Crippen molar-refractivity contribution in [2.75, 3.05) is 22.6 Å². The Morgan fingerprint density at radius 1 is 0.903 bits per heavy atom. The van der Waals surface area contributed by atoms with Crippen molar-refractivity contribution in [1.29, 1.82) is 0 Å². The van der Waals surface area contributed by atoms with E-state index in [0.717, 1.165) is 28.2 Å². The fourth-order valence-corrected chi connectivity index (χ4v) is 3.92. The van der Waals surface area contributed by atoms with Crippen LogP contribution in [0.2, 0.25) is 0 Å². The van der Waals surface area contributed by atoms with Crippen molar-refractivity contribution in [1.82, 2.24) is 0 Å². The van der Waals surface area contributed by atoms with Crippen LogP contribution in [0.3, 0.4) is 0 Å². The summed E-state index contributed by atoms with van der Waals surface area (Å²) in [5.74, 6) is 0.469. The summed E-state index contributed by atoms with van der Waals surface area (Å²) in [5.41, 5.74) is 5.19. The largest absolute Gasteiger partial charge is 0.484 e. The number of hydrogen-bond donors (Lipinski definition) is 3. The van der Waals surface area contributed by atoms with Gasteiger partial charge in [0.25, 0.3) is 5.91 Å². The Hall–Kier alpha value is -3.99. The average Bonchev–Trinajstić information content (AvgIpc) is 2.78. The highest BCUT2D eigenvalue weighted by Gasteiger charge is 2.20. The second-order valence-corrected chi connectivity index (χ2v) is 7.71. The third kappa shape index (κ3) is 4.03. The molecular formula is C26H23N3O2. The maximum absolute atomic E-state index is 12.2. The first kappa shape index (κ1) is 19.0. The molecule has 3 N–H and O–H groups in total. The van der Waals surface area contributed by atoms with Gasteiger partial charge in [-0.2, -0.15) is 0 Å². The van der Waals surface area contributed by atoms with Crippen LogP contribution < -0.4 is 20.7 Å². The summed E-state index contributed by atoms with van der Waals surface area (Å²) in [4.78, 5) is 12.2. The number of hydrogen-bond acceptors (Lipinski definition) is 4. The van der Waals surface area contributed by atoms with Crippen LogP contribution in [0.1, 0.15) is 17.3 Å². The molecule has 1 aliphatic rings. The van der Waals surface area contributed by atoms with Crippen molar-refractivity contribution >= 4 is 33.7 Å². The molecule has 0 spiro atoms. The van der Waals surface area contributed by atoms with Crippen LogP contribution >= 0.6 is 0 Å². The standard InChI is InChI=1S/C26H23N3O2/c1-17-5-2-8-20(15-17)27-24(30)16-31-21-13-11-19(12-14-21)26-28-22-9-3-6-18-7-4-10-23(29-26)25(18)22/h2-15,26,28-29H,16H2,1H3,(H,27,30). The van der Waals surface area contributed by atoms with Gasteiger partial charge < -0.3 is 20.7 Å². The van der Waals surface area contributed by atoms with Crippen LogP contribution in [0, 0.1) is 6.92 Å². The molecule has 0 unspecified atom stereocenters. The number of rotatable bonds is 5. The van der Waals surface area contributed by atoms with Gasteiger partial charge in [-0.3, -0.25) is 4.79 Å². The molecule has 5 nitrogen and oxygen atoms in total. The lowest BCUT2D eigenvalue weighted by Gasteiger charge is -2.29. The van der Waals surface area contributed by atoms with Gasteiger partial charge in [0.2, 0.25) is 0 Å². The number of anilines is 3. The van der Waals surface area contributed by atoms with Crippen molar-refractivity contribution < 1.29 is 9.53 Å². The molecule has 0 fully saturated rings. The van der Waals surface area contributed by atoms with Crippen LogP contribution in [-0.4, -0.2) is 12.5 Å². The van der Waals surface area contributed by atoms with Gasteiger partial charge >= 0.3 is 0 Å². The smallest absolute Gasteiger partial charge is 0.262 e. The molecule has 4 aromatic carbocycles. The Morgan fingerprint density at radius 3 is 2.26 bits per heavy atom. The van der Waals surface area contributed by atoms with E-state index in [9.17, 15) is 4.79 Å². The van der Waals surface area contributed by atoms with E-state index in [0.29, 0.717) is 5.75 Å². The van der Waals surface area contributed by atoms with Gasteiger partial charge in [0.1, 0.15) is 11.9 Å². The fraction of sp³-hybridized carbons (Fsp3) is 0.115. The third-order valence-corrected chi connectivity index (χ3v) is 5.39. The minimum atomic E-state index is -0.185. The zero-order valence-corrected chi connectivity index (χ0v) is 17.2. The maximum Gasteiger partial charge on any atom is 0.262 e. The summed E-state index contributed by atoms with van der Waals surface area (Å²) in [6, 6.07) is 28.1. The number of aryl methyl sites for hydroxylation is 1. The topological polar surface area (TPSA) is 62.4 Å². The molecule has 154 valence electrons. The van der Waals surface area contributed by atoms with Gasteiger partial charge in [-0.05, 0) is 59.8 Å². The predicted molar refractivity (Wildman–Crippen MR) is 126 cm³/mol. The van der Waals surface area contributed by atoms with Gasteiger partial charge in [0.05, 0.1) is 0 Å². The maximum atomic E-state index is 12.2. The van der Waals surface area contributed by atoms with E-state index in [2.05, 4.69) is 52.3 Å². The Kier molecular flexibility index (Phi) is 4.92. The zero-order valence-electron chi connectivity index (χ0n) is 17.2. The van der Waals surface area contributed by atoms with Crippen molar-refractivity contribution in [3.63, 3.8) is 0 Å². The van der Waals surface area contributed by atoms with E-state index >= 15 is 0 Å². The van der Waals surface area contributed by atoms with E-state index in [1.54, 1.807) is 0 Å². The molecule has 1 heterocycles. The van der Waals surface area contributed by atoms with Crippen LogP contribution in [-0.2, 0) is 4.79 Å². The van der Waals surface area contributed by atoms with E-state index < -0.39 is 0 Å². The van der Waals surface area contributed by atoms with Crippen LogP contribution in [0.25, 0.3) is 10.8 Å². The monoisotopic (exact) mass is 409 g/mol. The summed E-state index contributed by atoms with van der Waals surface area (Å²) in [7, 11) is 0. The summed E-state index contributed by atoms with van der Waals surface area (Å²) >= 11 is 0. The number of ether oxygens (including phenoxy) is 1. The molecule has 0 bridgehead atoms. The number of benzene rings is 4. The Morgan fingerprint density at radius 2 is 1.58 bits per heavy atom. The number of carbonyl (C=O) groups is 1. The summed E-state index contributed by atoms with van der Waals surface area (Å²) in [5, 5.41) is 12.4. The molecule has 1 aliphatic heterocycles. The van der Waals surface area contributed by atoms with Crippen molar-refractivity contribution in [2.24, 2.45) is 0 Å². The summed E-state index contributed by atoms with van der Waals surface area (Å²) in [6.07, 6.45) is -0.0424. The van der Waals surface area contributed by atoms with Gasteiger partial charge in [0, 0.05) is 22.4 Å². The molecular weight excluding hydrogens is 386 g/mol. The molecule has 0 atom stereocenters. The lowest BCUT2D eigenvalue weighted by Crippen LogP contribution is -2.23. The molecule has 1 amide bonds. The first-order valence-corrected chi connectivity index (χ1v) is 10.3. The van der Waals surface area contributed by atoms with Gasteiger partial charge in [-0.25, -0.2) is 0 Å². The van der Waals surface area contributed by atoms with E-state index in [-0.39, 0.29) is 18.7 Å². The lowest BCUT2D eigenvalue weighted by atomic mass is 10.0. The highest BCUT2D eigenvalue weighted by Crippen LogP contribution is 2.38. The highest BCUT2D eigenvalue weighted by molar-refractivity contribution is 6.04. The molecule has 0 aliphatic carbocycles. The Bertz CT molecular complexity index is 1210. The fourth-order valence-electron chi connectivity index (χ4n) is 3.92. The SMILES string of the molecule is Cc1cccc(NC(=O)COc2ccc(C3Nc4cccc5cccc(c45)N3)cc2)c1. The van der Waals surface area contributed by atoms with E-state index in [1.807, 2.05) is 55.5 Å². The number of carbonyl (C=O) groups excluding carboxylic acids is 1. The second kappa shape index (κ2) is 8.03. The minimum absolute atomic E-state index is 0.0391. The quantitative estimate of drug-likeness (QED) is 0.396. The number of nitrogens with one attached hydrogen (secondary N) is 3. The first-order valence-electron chi connectivity index (χ1n) is 10.3. The second-order valence-electron chi connectivity index (χ2n) is 7.71. The van der Waals surface area contributed by atoms with Crippen molar-refractivity contribution in [3.8, 4) is 5.75 Å². The zero-order chi connectivity index (χ0) is 21.2. The van der Waals surface area contributed by atoms with Gasteiger partial charge in [-0.15, -0.1) is 0 Å². The summed E-state index contributed by atoms with van der Waals surface area (Å²) < 4.78 is 5.66. The van der Waals surface area contributed by atoms with Gasteiger partial charge in [0.15, 0.2) is 6.61 Å². The van der Waals surface area contributed by atoms with Crippen molar-refractivity contribution in [3.05, 3.63) is 96.1 Å². The number of amides is 1. The molecule has 31 heavy (non-hydrogen) atoms. The first-order chi connectivity index (χ1) is 15.2. The molecule has 4 aromatic rings.